The molecule has 14 heteroatoms. The zero-order valence-corrected chi connectivity index (χ0v) is 32.6. The Labute approximate surface area is 325 Å². The number of anilines is 1. The van der Waals surface area contributed by atoms with Gasteiger partial charge in [-0.15, -0.1) is 0 Å². The molecule has 0 saturated carbocycles. The monoisotopic (exact) mass is 766 g/mol. The van der Waals surface area contributed by atoms with E-state index in [4.69, 9.17) is 15.5 Å². The molecule has 6 N–H and O–H groups in total. The maximum atomic E-state index is 13.6. The predicted molar refractivity (Wildman–Crippen MR) is 211 cm³/mol. The number of fused-ring (bicyclic) bond motifs is 5. The van der Waals surface area contributed by atoms with Crippen molar-refractivity contribution in [2.45, 2.75) is 89.9 Å². The van der Waals surface area contributed by atoms with Gasteiger partial charge < -0.3 is 40.4 Å². The van der Waals surface area contributed by atoms with E-state index < -0.39 is 17.6 Å². The fraction of sp³-hybridized carbons (Fsp3) is 0.452. The molecule has 1 fully saturated rings. The number of carbonyl (C=O) groups is 3. The van der Waals surface area contributed by atoms with E-state index in [0.717, 1.165) is 59.0 Å². The summed E-state index contributed by atoms with van der Waals surface area (Å²) in [5.41, 5.74) is 9.18. The highest BCUT2D eigenvalue weighted by molar-refractivity contribution is 5.97. The summed E-state index contributed by atoms with van der Waals surface area (Å²) in [7, 11) is 4.50. The number of quaternary nitrogens is 1. The average Bonchev–Trinajstić information content (AvgIpc) is 3.54. The molecule has 3 aliphatic heterocycles. The molecule has 0 unspecified atom stereocenters. The number of likely N-dealkylation sites (tertiary alicyclic amines) is 1. The first kappa shape index (κ1) is 39.1. The number of ether oxygens (including phenoxy) is 1. The fourth-order valence-electron chi connectivity index (χ4n) is 8.45. The van der Waals surface area contributed by atoms with Crippen LogP contribution in [0.5, 0.6) is 5.75 Å². The van der Waals surface area contributed by atoms with Crippen molar-refractivity contribution >= 4 is 34.4 Å². The van der Waals surface area contributed by atoms with Gasteiger partial charge in [0.05, 0.1) is 49.1 Å². The number of nitrogens with one attached hydrogen (secondary N) is 2. The second-order valence-electron chi connectivity index (χ2n) is 16.0. The van der Waals surface area contributed by atoms with E-state index in [9.17, 15) is 29.4 Å². The summed E-state index contributed by atoms with van der Waals surface area (Å²) in [6.45, 7) is 6.98. The Morgan fingerprint density at radius 1 is 1.11 bits per heavy atom. The van der Waals surface area contributed by atoms with Crippen molar-refractivity contribution in [1.29, 1.82) is 0 Å². The van der Waals surface area contributed by atoms with Crippen molar-refractivity contribution in [1.82, 2.24) is 19.8 Å². The maximum absolute atomic E-state index is 13.6. The summed E-state index contributed by atoms with van der Waals surface area (Å²) in [5.74, 6) is -1.02. The Bertz CT molecular complexity index is 2250. The number of nitrogens with two attached hydrogens (primary N) is 1. The molecule has 2 atom stereocenters. The Kier molecular flexibility index (Phi) is 10.8. The minimum absolute atomic E-state index is 0.0765. The molecule has 0 bridgehead atoms. The standard InChI is InChI=1S/C42H51N7O7/c1-5-42(55)33-20-35-38-27(21-48(35)40(53)32(33)24-56-41(42)54)19-30-31(36(50)13-12-34(30)46-38)22-47-17-14-29(15-18-47)49(3,4)23-26-8-10-28(11-9-26)45-39(52)25(2)44-37(51)7-6-16-43/h8-13,19-20,25,29,55H,5-7,14-18,21-24,43H2,1-4H3,(H2-,44,45,50,51,52,53)/p+1/t25-,42-/m0/s1. The van der Waals surface area contributed by atoms with Gasteiger partial charge in [0.1, 0.15) is 24.9 Å². The molecule has 2 aromatic heterocycles. The van der Waals surface area contributed by atoms with Crippen molar-refractivity contribution in [2.24, 2.45) is 5.73 Å². The first-order valence-electron chi connectivity index (χ1n) is 19.5. The maximum Gasteiger partial charge on any atom is 0.343 e. The smallest absolute Gasteiger partial charge is 0.343 e. The molecule has 3 aliphatic rings. The van der Waals surface area contributed by atoms with Crippen molar-refractivity contribution in [3.05, 3.63) is 86.7 Å². The molecular weight excluding hydrogens is 715 g/mol. The number of cyclic esters (lactones) is 1. The van der Waals surface area contributed by atoms with Crippen LogP contribution in [-0.2, 0) is 51.0 Å². The highest BCUT2D eigenvalue weighted by Gasteiger charge is 2.45. The topological polar surface area (TPSA) is 189 Å². The Morgan fingerprint density at radius 3 is 2.54 bits per heavy atom. The number of hydrogen-bond donors (Lipinski definition) is 5. The highest BCUT2D eigenvalue weighted by atomic mass is 16.6. The van der Waals surface area contributed by atoms with Crippen LogP contribution in [0, 0.1) is 0 Å². The Hall–Kier alpha value is -5.15. The number of aromatic hydroxyl groups is 1. The van der Waals surface area contributed by atoms with Gasteiger partial charge in [-0.2, -0.15) is 0 Å². The van der Waals surface area contributed by atoms with Gasteiger partial charge in [0.25, 0.3) is 5.56 Å². The van der Waals surface area contributed by atoms with E-state index in [2.05, 4.69) is 29.6 Å². The number of piperidine rings is 1. The Balaban J connectivity index is 0.996. The number of nitrogens with zero attached hydrogens (tertiary/aromatic N) is 4. The third kappa shape index (κ3) is 7.41. The van der Waals surface area contributed by atoms with Crippen molar-refractivity contribution < 1.29 is 33.8 Å². The molecule has 0 aliphatic carbocycles. The number of amides is 2. The normalized spacial score (nSPS) is 18.9. The molecule has 296 valence electrons. The molecule has 5 heterocycles. The molecule has 1 saturated heterocycles. The molecular formula is C42H52N7O7+. The van der Waals surface area contributed by atoms with Gasteiger partial charge in [-0.25, -0.2) is 9.78 Å². The van der Waals surface area contributed by atoms with Crippen LogP contribution in [0.4, 0.5) is 5.69 Å². The number of phenolic OH excluding ortho intramolecular Hbond substituents is 1. The summed E-state index contributed by atoms with van der Waals surface area (Å²) in [6, 6.07) is 14.8. The van der Waals surface area contributed by atoms with Crippen LogP contribution in [0.2, 0.25) is 0 Å². The van der Waals surface area contributed by atoms with Gasteiger partial charge in [0.2, 0.25) is 11.8 Å². The van der Waals surface area contributed by atoms with Gasteiger partial charge in [0.15, 0.2) is 5.60 Å². The van der Waals surface area contributed by atoms with Crippen molar-refractivity contribution in [3.8, 4) is 17.1 Å². The summed E-state index contributed by atoms with van der Waals surface area (Å²) in [4.78, 5) is 58.2. The number of benzene rings is 2. The lowest BCUT2D eigenvalue weighted by molar-refractivity contribution is -0.929. The second kappa shape index (κ2) is 15.4. The van der Waals surface area contributed by atoms with Gasteiger partial charge in [-0.05, 0) is 62.7 Å². The van der Waals surface area contributed by atoms with Gasteiger partial charge in [0, 0.05) is 72.2 Å². The predicted octanol–water partition coefficient (Wildman–Crippen LogP) is 3.21. The van der Waals surface area contributed by atoms with E-state index in [0.29, 0.717) is 54.6 Å². The molecule has 0 radical (unpaired) electrons. The van der Waals surface area contributed by atoms with Crippen LogP contribution in [0.1, 0.15) is 73.8 Å². The summed E-state index contributed by atoms with van der Waals surface area (Å²) in [6.07, 6.45) is 2.91. The van der Waals surface area contributed by atoms with Crippen LogP contribution >= 0.6 is 0 Å². The number of phenols is 1. The third-order valence-corrected chi connectivity index (χ3v) is 11.9. The van der Waals surface area contributed by atoms with Crippen LogP contribution in [0.25, 0.3) is 22.3 Å². The molecule has 4 aromatic rings. The van der Waals surface area contributed by atoms with Crippen LogP contribution in [-0.4, -0.2) is 92.7 Å². The summed E-state index contributed by atoms with van der Waals surface area (Å²) in [5, 5.41) is 28.8. The van der Waals surface area contributed by atoms with E-state index in [-0.39, 0.29) is 53.8 Å². The fourth-order valence-corrected chi connectivity index (χ4v) is 8.45. The largest absolute Gasteiger partial charge is 0.508 e. The lowest BCUT2D eigenvalue weighted by Gasteiger charge is -2.43. The zero-order valence-electron chi connectivity index (χ0n) is 32.6. The number of aromatic nitrogens is 2. The van der Waals surface area contributed by atoms with Gasteiger partial charge in [-0.1, -0.05) is 19.1 Å². The second-order valence-corrected chi connectivity index (χ2v) is 16.0. The highest BCUT2D eigenvalue weighted by Crippen LogP contribution is 2.40. The van der Waals surface area contributed by atoms with Crippen LogP contribution < -0.4 is 21.9 Å². The molecule has 14 nitrogen and oxygen atoms in total. The summed E-state index contributed by atoms with van der Waals surface area (Å²) < 4.78 is 7.63. The van der Waals surface area contributed by atoms with E-state index >= 15 is 0 Å². The average molecular weight is 767 g/mol. The molecule has 56 heavy (non-hydrogen) atoms. The Morgan fingerprint density at radius 2 is 1.84 bits per heavy atom. The SMILES string of the molecule is CC[C@@]1(O)C(=O)OCc2c1cc1n(c2=O)Cc2cc3c(CN4CCC([N+](C)(C)Cc5ccc(NC(=O)[C@H](C)NC(=O)CCCN)cc5)CC4)c(O)ccc3nc2-1. The lowest BCUT2D eigenvalue weighted by Crippen LogP contribution is -2.53. The number of carbonyl (C=O) groups excluding carboxylic acids is 3. The number of hydrogen-bond acceptors (Lipinski definition) is 10. The third-order valence-electron chi connectivity index (χ3n) is 11.9. The van der Waals surface area contributed by atoms with E-state index in [1.807, 2.05) is 30.3 Å². The minimum atomic E-state index is -1.89. The molecule has 2 aromatic carbocycles. The van der Waals surface area contributed by atoms with E-state index in [1.54, 1.807) is 36.6 Å². The molecule has 0 spiro atoms. The summed E-state index contributed by atoms with van der Waals surface area (Å²) >= 11 is 0. The van der Waals surface area contributed by atoms with Crippen LogP contribution in [0.3, 0.4) is 0 Å². The zero-order chi connectivity index (χ0) is 39.9. The quantitative estimate of drug-likeness (QED) is 0.0932. The van der Waals surface area contributed by atoms with Gasteiger partial charge in [-0.3, -0.25) is 19.3 Å². The van der Waals surface area contributed by atoms with Crippen molar-refractivity contribution in [3.63, 3.8) is 0 Å². The number of pyridine rings is 2. The van der Waals surface area contributed by atoms with Crippen LogP contribution in [0.15, 0.2) is 53.3 Å². The molecule has 7 rings (SSSR count). The number of esters is 1. The number of rotatable bonds is 12. The minimum Gasteiger partial charge on any atom is -0.508 e. The first-order chi connectivity index (χ1) is 26.7. The molecule has 2 amide bonds. The van der Waals surface area contributed by atoms with Gasteiger partial charge >= 0.3 is 5.97 Å². The lowest BCUT2D eigenvalue weighted by atomic mass is 9.86. The van der Waals surface area contributed by atoms with E-state index in [1.165, 1.54) is 0 Å². The first-order valence-corrected chi connectivity index (χ1v) is 19.5. The van der Waals surface area contributed by atoms with Crippen molar-refractivity contribution in [2.75, 3.05) is 39.0 Å². The number of aliphatic hydroxyl groups is 1.